The van der Waals surface area contributed by atoms with E-state index < -0.39 is 17.0 Å². The number of halogens is 4. The summed E-state index contributed by atoms with van der Waals surface area (Å²) in [7, 11) is -3.80. The molecular weight excluding hydrogens is 793 g/mol. The molecule has 226 valence electrons. The first-order valence-corrected chi connectivity index (χ1v) is 17.3. The molecule has 2 aliphatic heterocycles. The van der Waals surface area contributed by atoms with Crippen molar-refractivity contribution in [2.45, 2.75) is 57.3 Å². The van der Waals surface area contributed by atoms with Crippen LogP contribution in [0.2, 0.25) is 0 Å². The largest absolute Gasteiger partial charge is 0.737 e. The van der Waals surface area contributed by atoms with Gasteiger partial charge in [0.2, 0.25) is 15.9 Å². The Bertz CT molecular complexity index is 1620. The highest BCUT2D eigenvalue weighted by atomic mass is 127. The number of carbonyl (C=O) groups is 2. The van der Waals surface area contributed by atoms with Gasteiger partial charge in [-0.25, -0.2) is 13.6 Å². The Morgan fingerprint density at radius 1 is 1.02 bits per heavy atom. The molecule has 0 radical (unpaired) electrons. The molecule has 0 saturated carbocycles. The van der Waals surface area contributed by atoms with Crippen molar-refractivity contribution in [1.82, 2.24) is 15.1 Å². The van der Waals surface area contributed by atoms with Crippen LogP contribution in [-0.2, 0) is 21.2 Å². The van der Waals surface area contributed by atoms with Crippen molar-refractivity contribution in [2.24, 2.45) is 5.14 Å². The van der Waals surface area contributed by atoms with Gasteiger partial charge >= 0.3 is 6.97 Å². The molecule has 2 amide bonds. The smallest absolute Gasteiger partial charge is 0.393 e. The summed E-state index contributed by atoms with van der Waals surface area (Å²) < 4.78 is 58.1. The Hall–Kier alpha value is -2.12. The Labute approximate surface area is 271 Å². The van der Waals surface area contributed by atoms with Gasteiger partial charge in [-0.05, 0) is 102 Å². The van der Waals surface area contributed by atoms with Crippen LogP contribution >= 0.6 is 45.2 Å². The Balaban J connectivity index is 1.17. The number of aromatic nitrogens is 1. The molecule has 2 aliphatic rings. The number of nitrogens with two attached hydrogens (primary N) is 1. The number of hydrogen-bond donors (Lipinski definition) is 3. The monoisotopic (exact) mass is 825 g/mol. The van der Waals surface area contributed by atoms with E-state index in [2.05, 4.69) is 55.8 Å². The SMILES string of the molecule is CC1=C(I)C(C)=[N+]2C1=Cc1cc(I)c(CCC(=O)NCCCCCCNC(=O)c3ccc(S(N)(=O)=O)cc3)n1[B-]2(F)F. The van der Waals surface area contributed by atoms with Gasteiger partial charge in [-0.15, -0.1) is 0 Å². The second-order valence-electron chi connectivity index (χ2n) is 10.3. The fourth-order valence-corrected chi connectivity index (χ4v) is 7.11. The molecule has 4 N–H and O–H groups in total. The predicted molar refractivity (Wildman–Crippen MR) is 176 cm³/mol. The number of primary sulfonamides is 1. The zero-order valence-corrected chi connectivity index (χ0v) is 28.4. The van der Waals surface area contributed by atoms with E-state index in [9.17, 15) is 18.0 Å². The van der Waals surface area contributed by atoms with E-state index >= 15 is 8.63 Å². The maximum Gasteiger partial charge on any atom is 0.737 e. The number of rotatable bonds is 12. The second kappa shape index (κ2) is 13.3. The van der Waals surface area contributed by atoms with E-state index in [-0.39, 0.29) is 29.6 Å². The van der Waals surface area contributed by atoms with Gasteiger partial charge in [0.15, 0.2) is 5.70 Å². The molecule has 3 heterocycles. The molecule has 0 saturated heterocycles. The van der Waals surface area contributed by atoms with Gasteiger partial charge in [-0.2, -0.15) is 0 Å². The van der Waals surface area contributed by atoms with Crippen molar-refractivity contribution in [2.75, 3.05) is 13.1 Å². The summed E-state index contributed by atoms with van der Waals surface area (Å²) in [5.41, 5.74) is 3.20. The zero-order chi connectivity index (χ0) is 30.8. The number of nitrogens with zero attached hydrogens (tertiary/aromatic N) is 2. The quantitative estimate of drug-likeness (QED) is 0.165. The molecule has 2 aromatic rings. The highest BCUT2D eigenvalue weighted by molar-refractivity contribution is 14.1. The molecule has 42 heavy (non-hydrogen) atoms. The van der Waals surface area contributed by atoms with Crippen molar-refractivity contribution in [3.8, 4) is 0 Å². The number of carbonyl (C=O) groups excluding carboxylic acids is 2. The average Bonchev–Trinajstić information content (AvgIpc) is 3.37. The highest BCUT2D eigenvalue weighted by Gasteiger charge is 2.54. The number of unbranched alkanes of at least 4 members (excludes halogenated alkanes) is 3. The van der Waals surface area contributed by atoms with E-state index in [0.29, 0.717) is 41.4 Å². The van der Waals surface area contributed by atoms with Crippen molar-refractivity contribution < 1.29 is 31.1 Å². The summed E-state index contributed by atoms with van der Waals surface area (Å²) in [6.07, 6.45) is 5.34. The molecule has 0 spiro atoms. The summed E-state index contributed by atoms with van der Waals surface area (Å²) in [6, 6.07) is 7.17. The standard InChI is InChI=1S/C27H32BF2I2N5O4S/c1-17-24-16-20-15-22(31)23(37(20)28(29,30)36(24)18(2)26(17)32)11-12-25(38)34-13-5-3-4-6-14-35-27(39)19-7-9-21(10-8-19)42(33,40)41/h7-10,15-16H,3-6,11-14H2,1-2H3,(H,34,38)(H,35,39)(H2,33,40,41). The molecule has 1 aromatic heterocycles. The third-order valence-corrected chi connectivity index (χ3v) is 10.9. The van der Waals surface area contributed by atoms with Crippen molar-refractivity contribution in [1.29, 1.82) is 0 Å². The number of amides is 2. The Kier molecular flexibility index (Phi) is 10.3. The third-order valence-electron chi connectivity index (χ3n) is 7.42. The summed E-state index contributed by atoms with van der Waals surface area (Å²) in [4.78, 5) is 24.6. The molecule has 4 rings (SSSR count). The van der Waals surface area contributed by atoms with Crippen LogP contribution in [0.5, 0.6) is 0 Å². The van der Waals surface area contributed by atoms with Crippen LogP contribution in [0.3, 0.4) is 0 Å². The third kappa shape index (κ3) is 6.99. The van der Waals surface area contributed by atoms with Crippen molar-refractivity contribution in [3.05, 3.63) is 65.7 Å². The zero-order valence-electron chi connectivity index (χ0n) is 23.2. The van der Waals surface area contributed by atoms with Gasteiger partial charge < -0.3 is 28.2 Å². The first-order chi connectivity index (χ1) is 19.7. The molecule has 0 atom stereocenters. The number of nitrogens with one attached hydrogen (secondary N) is 2. The molecule has 15 heteroatoms. The van der Waals surface area contributed by atoms with Gasteiger partial charge in [0.1, 0.15) is 5.71 Å². The number of sulfonamides is 1. The lowest BCUT2D eigenvalue weighted by Crippen LogP contribution is -2.51. The van der Waals surface area contributed by atoms with Gasteiger partial charge in [0.25, 0.3) is 5.91 Å². The highest BCUT2D eigenvalue weighted by Crippen LogP contribution is 2.40. The van der Waals surface area contributed by atoms with E-state index in [4.69, 9.17) is 5.14 Å². The minimum absolute atomic E-state index is 0.0542. The molecule has 1 aromatic carbocycles. The van der Waals surface area contributed by atoms with Crippen LogP contribution in [0.15, 0.2) is 50.1 Å². The van der Waals surface area contributed by atoms with Crippen molar-refractivity contribution in [3.63, 3.8) is 0 Å². The van der Waals surface area contributed by atoms with E-state index in [0.717, 1.165) is 47.4 Å². The van der Waals surface area contributed by atoms with Gasteiger partial charge in [0, 0.05) is 58.6 Å². The fourth-order valence-electron chi connectivity index (χ4n) is 5.21. The molecule has 0 bridgehead atoms. The Morgan fingerprint density at radius 3 is 2.26 bits per heavy atom. The van der Waals surface area contributed by atoms with Gasteiger partial charge in [-0.1, -0.05) is 12.8 Å². The summed E-state index contributed by atoms with van der Waals surface area (Å²) in [5.74, 6) is -0.478. The van der Waals surface area contributed by atoms with Gasteiger partial charge in [-0.3, -0.25) is 9.59 Å². The summed E-state index contributed by atoms with van der Waals surface area (Å²) >= 11 is 4.18. The van der Waals surface area contributed by atoms with Crippen LogP contribution in [0.25, 0.3) is 6.08 Å². The first kappa shape index (κ1) is 32.8. The van der Waals surface area contributed by atoms with E-state index in [1.165, 1.54) is 24.3 Å². The topological polar surface area (TPSA) is 126 Å². The Morgan fingerprint density at radius 2 is 1.64 bits per heavy atom. The normalized spacial score (nSPS) is 15.8. The number of hydrogen-bond acceptors (Lipinski definition) is 4. The number of allylic oxidation sites excluding steroid dienone is 2. The number of benzene rings is 1. The minimum atomic E-state index is -4.08. The first-order valence-electron chi connectivity index (χ1n) is 13.5. The predicted octanol–water partition coefficient (Wildman–Crippen LogP) is 4.55. The van der Waals surface area contributed by atoms with Gasteiger partial charge in [0.05, 0.1) is 8.48 Å². The lowest BCUT2D eigenvalue weighted by atomic mass is 9.89. The lowest BCUT2D eigenvalue weighted by Gasteiger charge is -2.31. The second-order valence-corrected chi connectivity index (χ2v) is 14.1. The molecule has 0 unspecified atom stereocenters. The van der Waals surface area contributed by atoms with E-state index in [1.54, 1.807) is 19.1 Å². The molecule has 9 nitrogen and oxygen atoms in total. The summed E-state index contributed by atoms with van der Waals surface area (Å²) in [6.45, 7) is 0.453. The van der Waals surface area contributed by atoms with Crippen LogP contribution in [0.4, 0.5) is 8.63 Å². The minimum Gasteiger partial charge on any atom is -0.393 e. The van der Waals surface area contributed by atoms with Crippen LogP contribution in [0, 0.1) is 3.57 Å². The van der Waals surface area contributed by atoms with Crippen LogP contribution in [-0.4, -0.2) is 55.0 Å². The lowest BCUT2D eigenvalue weighted by molar-refractivity contribution is -0.362. The molecule has 0 fully saturated rings. The maximum atomic E-state index is 15.8. The molecular formula is C27H32BF2I2N5O4S. The number of fused-ring (bicyclic) bond motifs is 2. The summed E-state index contributed by atoms with van der Waals surface area (Å²) in [5, 5.41) is 10.7. The average molecular weight is 825 g/mol. The molecule has 0 aliphatic carbocycles. The van der Waals surface area contributed by atoms with E-state index in [1.807, 2.05) is 6.92 Å². The van der Waals surface area contributed by atoms with Crippen LogP contribution in [0.1, 0.15) is 67.7 Å². The van der Waals surface area contributed by atoms with Crippen LogP contribution < -0.4 is 15.8 Å². The fraction of sp³-hybridized carbons (Fsp3) is 0.370. The van der Waals surface area contributed by atoms with Crippen molar-refractivity contribution >= 4 is 85.8 Å². The maximum absolute atomic E-state index is 15.8.